The summed E-state index contributed by atoms with van der Waals surface area (Å²) in [5, 5.41) is 10.7. The number of aliphatic imine (C=N–C) groups is 1. The average molecular weight is 419 g/mol. The summed E-state index contributed by atoms with van der Waals surface area (Å²) in [6, 6.07) is 5.89. The molecule has 11 heteroatoms. The molecule has 1 unspecified atom stereocenters. The molecule has 2 N–H and O–H groups in total. The van der Waals surface area contributed by atoms with Gasteiger partial charge in [0.2, 0.25) is 16.0 Å². The van der Waals surface area contributed by atoms with Crippen molar-refractivity contribution in [2.45, 2.75) is 6.42 Å². The Kier molecular flexibility index (Phi) is 9.09. The summed E-state index contributed by atoms with van der Waals surface area (Å²) in [6.45, 7) is 0. The van der Waals surface area contributed by atoms with Crippen LogP contribution in [-0.4, -0.2) is 40.5 Å². The molecule has 0 aliphatic heterocycles. The number of hydrogen-bond donors (Lipinski definition) is 3. The Labute approximate surface area is 184 Å². The molecule has 0 radical (unpaired) electrons. The number of thiol groups is 1. The molecule has 138 valence electrons. The molecule has 1 amide bonds. The quantitative estimate of drug-likeness (QED) is 0.188. The van der Waals surface area contributed by atoms with Crippen molar-refractivity contribution in [3.8, 4) is 0 Å². The first kappa shape index (κ1) is 23.8. The van der Waals surface area contributed by atoms with E-state index in [1.54, 1.807) is 12.1 Å². The standard InChI is InChI=1S/C16H16N2O6S2.Na/c19-16(17-13-3-7-15(8-4-13)26(22,23)24)12(10-25)9-11-1-5-14(6-2-11)18(20)21;/h1-8,12,25H,9-10H2,(H2,22,23,24);/q;+1. The molecule has 0 bridgehead atoms. The van der Waals surface area contributed by atoms with Gasteiger partial charge in [-0.2, -0.15) is 12.6 Å². The smallest absolute Gasteiger partial charge is 0.293 e. The molecule has 0 spiro atoms. The largest absolute Gasteiger partial charge is 1.00 e. The first-order chi connectivity index (χ1) is 12.2. The van der Waals surface area contributed by atoms with Crippen molar-refractivity contribution >= 4 is 44.9 Å². The Bertz CT molecular complexity index is 905. The van der Waals surface area contributed by atoms with Gasteiger partial charge in [-0.15, -0.1) is 0 Å². The minimum absolute atomic E-state index is 0. The van der Waals surface area contributed by atoms with E-state index in [0.29, 0.717) is 6.42 Å². The predicted molar refractivity (Wildman–Crippen MR) is 103 cm³/mol. The fraction of sp³-hybridized carbons (Fsp3) is 0.188. The summed E-state index contributed by atoms with van der Waals surface area (Å²) in [5.41, 5.74) is 0.989. The molecule has 1 atom stereocenters. The third kappa shape index (κ3) is 7.00. The molecule has 0 saturated carbocycles. The maximum Gasteiger partial charge on any atom is 1.00 e. The van der Waals surface area contributed by atoms with Crippen molar-refractivity contribution in [3.05, 3.63) is 64.2 Å². The van der Waals surface area contributed by atoms with Gasteiger partial charge in [0.25, 0.3) is 5.69 Å². The molecule has 1 aromatic rings. The molecule has 0 heterocycles. The Hall–Kier alpha value is -1.27. The predicted octanol–water partition coefficient (Wildman–Crippen LogP) is -0.816. The van der Waals surface area contributed by atoms with Crippen LogP contribution in [0.25, 0.3) is 0 Å². The van der Waals surface area contributed by atoms with Crippen LogP contribution >= 0.6 is 12.6 Å². The molecule has 2 rings (SSSR count). The topological polar surface area (TPSA) is 130 Å². The Morgan fingerprint density at radius 3 is 2.19 bits per heavy atom. The van der Waals surface area contributed by atoms with Gasteiger partial charge in [-0.3, -0.25) is 24.0 Å². The molecule has 1 aromatic carbocycles. The SMILES string of the molecule is O=C(N=C1C=CC(=S(=O)(O)O)C=C1)C(CS)Cc1ccc([N+](=O)[O-])cc1.[Na+]. The van der Waals surface area contributed by atoms with Gasteiger partial charge in [0.1, 0.15) is 0 Å². The Morgan fingerprint density at radius 1 is 1.19 bits per heavy atom. The summed E-state index contributed by atoms with van der Waals surface area (Å²) >= 11 is 4.17. The number of rotatable bonds is 5. The van der Waals surface area contributed by atoms with Gasteiger partial charge < -0.3 is 0 Å². The number of benzene rings is 1. The van der Waals surface area contributed by atoms with E-state index in [9.17, 15) is 19.1 Å². The second-order valence-corrected chi connectivity index (χ2v) is 7.28. The van der Waals surface area contributed by atoms with Crippen molar-refractivity contribution in [1.82, 2.24) is 0 Å². The zero-order valence-corrected chi connectivity index (χ0v) is 18.1. The van der Waals surface area contributed by atoms with E-state index in [-0.39, 0.29) is 51.6 Å². The molecule has 1 aliphatic rings. The number of allylic oxidation sites excluding steroid dienone is 4. The molecule has 27 heavy (non-hydrogen) atoms. The van der Waals surface area contributed by atoms with Gasteiger partial charge >= 0.3 is 29.6 Å². The van der Waals surface area contributed by atoms with Gasteiger partial charge in [0.15, 0.2) is 0 Å². The minimum Gasteiger partial charge on any atom is -0.293 e. The number of amides is 1. The number of hydrogen-bond acceptors (Lipinski definition) is 5. The normalized spacial score (nSPS) is 14.5. The number of carbonyl (C=O) groups excluding carboxylic acids is 1. The van der Waals surface area contributed by atoms with Crippen molar-refractivity contribution in [1.29, 1.82) is 0 Å². The fourth-order valence-electron chi connectivity index (χ4n) is 2.18. The third-order valence-electron chi connectivity index (χ3n) is 3.58. The van der Waals surface area contributed by atoms with Gasteiger partial charge in [0.05, 0.1) is 21.4 Å². The van der Waals surface area contributed by atoms with Gasteiger partial charge in [0, 0.05) is 17.9 Å². The van der Waals surface area contributed by atoms with E-state index in [0.717, 1.165) is 5.56 Å². The van der Waals surface area contributed by atoms with Gasteiger partial charge in [-0.1, -0.05) is 12.1 Å². The van der Waals surface area contributed by atoms with Crippen molar-refractivity contribution < 1.29 is 52.6 Å². The van der Waals surface area contributed by atoms with E-state index in [4.69, 9.17) is 9.11 Å². The summed E-state index contributed by atoms with van der Waals surface area (Å²) < 4.78 is 29.2. The zero-order chi connectivity index (χ0) is 19.3. The second kappa shape index (κ2) is 10.3. The average Bonchev–Trinajstić information content (AvgIpc) is 2.59. The van der Waals surface area contributed by atoms with E-state index in [2.05, 4.69) is 17.6 Å². The molecule has 0 saturated heterocycles. The van der Waals surface area contributed by atoms with Crippen LogP contribution in [0, 0.1) is 16.0 Å². The molecule has 1 aliphatic carbocycles. The van der Waals surface area contributed by atoms with Crippen LogP contribution in [-0.2, 0) is 21.3 Å². The first-order valence-electron chi connectivity index (χ1n) is 7.39. The van der Waals surface area contributed by atoms with Crippen LogP contribution in [0.15, 0.2) is 53.6 Å². The second-order valence-electron chi connectivity index (χ2n) is 5.45. The van der Waals surface area contributed by atoms with E-state index in [1.165, 1.54) is 36.4 Å². The minimum atomic E-state index is -4.06. The number of nitro benzene ring substituents is 1. The van der Waals surface area contributed by atoms with Crippen molar-refractivity contribution in [2.75, 3.05) is 5.75 Å². The van der Waals surface area contributed by atoms with Crippen LogP contribution in [0.2, 0.25) is 0 Å². The Balaban J connectivity index is 0.00000364. The molecular weight excluding hydrogens is 403 g/mol. The van der Waals surface area contributed by atoms with Gasteiger partial charge in [-0.05, 0) is 36.3 Å². The molecule has 0 aromatic heterocycles. The fourth-order valence-corrected chi connectivity index (χ4v) is 2.96. The molecular formula is C16H16N2NaO6S2+. The molecule has 8 nitrogen and oxygen atoms in total. The third-order valence-corrected chi connectivity index (χ3v) is 4.91. The summed E-state index contributed by atoms with van der Waals surface area (Å²) in [6.07, 6.45) is 5.44. The number of nitro groups is 1. The maximum absolute atomic E-state index is 12.3. The number of carbonyl (C=O) groups is 1. The van der Waals surface area contributed by atoms with Crippen molar-refractivity contribution in [3.63, 3.8) is 0 Å². The zero-order valence-electron chi connectivity index (χ0n) is 14.4. The van der Waals surface area contributed by atoms with Crippen LogP contribution in [0.5, 0.6) is 0 Å². The molecule has 0 fully saturated rings. The van der Waals surface area contributed by atoms with Crippen LogP contribution in [0.4, 0.5) is 5.69 Å². The van der Waals surface area contributed by atoms with Crippen LogP contribution in [0.3, 0.4) is 0 Å². The van der Waals surface area contributed by atoms with Crippen molar-refractivity contribution in [2.24, 2.45) is 10.9 Å². The van der Waals surface area contributed by atoms with Crippen LogP contribution in [0.1, 0.15) is 5.56 Å². The first-order valence-corrected chi connectivity index (χ1v) is 9.50. The number of non-ortho nitro benzene ring substituents is 1. The van der Waals surface area contributed by atoms with E-state index < -0.39 is 26.8 Å². The van der Waals surface area contributed by atoms with Crippen LogP contribution < -0.4 is 29.6 Å². The summed E-state index contributed by atoms with van der Waals surface area (Å²) in [4.78, 5) is 26.3. The summed E-state index contributed by atoms with van der Waals surface area (Å²) in [5.74, 6) is -0.724. The number of nitrogens with zero attached hydrogens (tertiary/aromatic N) is 2. The summed E-state index contributed by atoms with van der Waals surface area (Å²) in [7, 11) is -4.06. The van der Waals surface area contributed by atoms with Gasteiger partial charge in [-0.25, -0.2) is 9.20 Å². The van der Waals surface area contributed by atoms with E-state index in [1.807, 2.05) is 0 Å². The monoisotopic (exact) mass is 419 g/mol. The van der Waals surface area contributed by atoms with E-state index >= 15 is 0 Å². The maximum atomic E-state index is 12.3. The Morgan fingerprint density at radius 2 is 1.74 bits per heavy atom.